The van der Waals surface area contributed by atoms with E-state index >= 15 is 0 Å². The summed E-state index contributed by atoms with van der Waals surface area (Å²) in [5.74, 6) is 0. The van der Waals surface area contributed by atoms with Crippen LogP contribution in [0.2, 0.25) is 0 Å². The fourth-order valence-corrected chi connectivity index (χ4v) is 4.44. The number of hydrogen-bond acceptors (Lipinski definition) is 3. The third-order valence-corrected chi connectivity index (χ3v) is 6.29. The van der Waals surface area contributed by atoms with Crippen LogP contribution in [0, 0.1) is 12.3 Å². The normalized spacial score (nSPS) is 18.8. The largest absolute Gasteiger partial charge is 0.255 e. The Bertz CT molecular complexity index is 995. The molecule has 26 heavy (non-hydrogen) atoms. The Morgan fingerprint density at radius 3 is 2.19 bits per heavy atom. The molecule has 0 saturated heterocycles. The Morgan fingerprint density at radius 2 is 1.62 bits per heavy atom. The molecule has 2 aliphatic carbocycles. The average molecular weight is 366 g/mol. The first-order valence-corrected chi connectivity index (χ1v) is 10.4. The van der Waals surface area contributed by atoms with Crippen LogP contribution in [0.5, 0.6) is 0 Å². The van der Waals surface area contributed by atoms with Crippen molar-refractivity contribution in [3.63, 3.8) is 0 Å². The number of pyridine rings is 1. The Morgan fingerprint density at radius 1 is 0.962 bits per heavy atom. The quantitative estimate of drug-likeness (QED) is 0.889. The molecule has 1 spiro atoms. The van der Waals surface area contributed by atoms with Crippen LogP contribution in [0.3, 0.4) is 0 Å². The fourth-order valence-electron chi connectivity index (χ4n) is 3.99. The Labute approximate surface area is 154 Å². The molecular formula is C21H22N2O2S. The molecule has 134 valence electrons. The molecular weight excluding hydrogens is 344 g/mol. The van der Waals surface area contributed by atoms with Crippen LogP contribution in [-0.4, -0.2) is 13.4 Å². The maximum absolute atomic E-state index is 11.5. The van der Waals surface area contributed by atoms with Crippen molar-refractivity contribution < 1.29 is 8.42 Å². The molecule has 5 heteroatoms. The lowest BCUT2D eigenvalue weighted by Crippen LogP contribution is -2.12. The molecule has 0 aliphatic heterocycles. The second-order valence-corrected chi connectivity index (χ2v) is 8.91. The molecule has 1 aromatic heterocycles. The van der Waals surface area contributed by atoms with Gasteiger partial charge in [-0.05, 0) is 43.0 Å². The highest BCUT2D eigenvalue weighted by Crippen LogP contribution is 2.51. The summed E-state index contributed by atoms with van der Waals surface area (Å²) < 4.78 is 23.0. The number of hydrogen-bond donors (Lipinski definition) is 1. The van der Waals surface area contributed by atoms with Crippen LogP contribution in [-0.2, 0) is 10.0 Å². The maximum Gasteiger partial charge on any atom is 0.239 e. The molecule has 2 aromatic rings. The molecule has 4 nitrogen and oxygen atoms in total. The second kappa shape index (κ2) is 6.18. The summed E-state index contributed by atoms with van der Waals surface area (Å²) in [4.78, 5) is 4.44. The first-order chi connectivity index (χ1) is 12.4. The van der Waals surface area contributed by atoms with Crippen LogP contribution in [0.15, 0.2) is 59.6 Å². The van der Waals surface area contributed by atoms with Gasteiger partial charge in [0.05, 0.1) is 5.69 Å². The van der Waals surface area contributed by atoms with E-state index in [1.807, 2.05) is 0 Å². The van der Waals surface area contributed by atoms with Crippen LogP contribution in [0.1, 0.15) is 42.5 Å². The molecule has 0 unspecified atom stereocenters. The molecule has 2 aliphatic rings. The van der Waals surface area contributed by atoms with Gasteiger partial charge in [-0.15, -0.1) is 0 Å². The minimum atomic E-state index is -3.73. The van der Waals surface area contributed by atoms with Gasteiger partial charge in [0.1, 0.15) is 4.90 Å². The molecule has 1 aromatic carbocycles. The van der Waals surface area contributed by atoms with E-state index in [0.29, 0.717) is 0 Å². The summed E-state index contributed by atoms with van der Waals surface area (Å²) in [6.07, 6.45) is 10.8. The second-order valence-electron chi connectivity index (χ2n) is 7.35. The van der Waals surface area contributed by atoms with Gasteiger partial charge in [0.2, 0.25) is 10.0 Å². The minimum Gasteiger partial charge on any atom is -0.255 e. The molecule has 0 amide bonds. The van der Waals surface area contributed by atoms with Crippen LogP contribution >= 0.6 is 0 Å². The van der Waals surface area contributed by atoms with Crippen LogP contribution in [0.25, 0.3) is 11.1 Å². The summed E-state index contributed by atoms with van der Waals surface area (Å²) in [5.41, 5.74) is 5.55. The first kappa shape index (κ1) is 17.2. The van der Waals surface area contributed by atoms with Crippen molar-refractivity contribution in [1.82, 2.24) is 4.98 Å². The van der Waals surface area contributed by atoms with Crippen molar-refractivity contribution in [2.75, 3.05) is 0 Å². The summed E-state index contributed by atoms with van der Waals surface area (Å²) in [6.45, 7) is 2.08. The van der Waals surface area contributed by atoms with E-state index in [2.05, 4.69) is 48.3 Å². The van der Waals surface area contributed by atoms with Gasteiger partial charge in [-0.2, -0.15) is 0 Å². The molecule has 1 saturated carbocycles. The van der Waals surface area contributed by atoms with Crippen molar-refractivity contribution in [2.45, 2.75) is 37.5 Å². The summed E-state index contributed by atoms with van der Waals surface area (Å²) in [7, 11) is -3.73. The van der Waals surface area contributed by atoms with Gasteiger partial charge in [-0.1, -0.05) is 54.8 Å². The first-order valence-electron chi connectivity index (χ1n) is 8.89. The number of aryl methyl sites for hydroxylation is 1. The van der Waals surface area contributed by atoms with E-state index in [1.54, 1.807) is 6.07 Å². The van der Waals surface area contributed by atoms with Gasteiger partial charge in [-0.25, -0.2) is 13.6 Å². The summed E-state index contributed by atoms with van der Waals surface area (Å²) >= 11 is 0. The molecule has 0 atom stereocenters. The van der Waals surface area contributed by atoms with Gasteiger partial charge in [-0.3, -0.25) is 4.98 Å². The fraction of sp³-hybridized carbons (Fsp3) is 0.286. The Kier molecular flexibility index (Phi) is 4.09. The lowest BCUT2D eigenvalue weighted by atomic mass is 9.88. The third kappa shape index (κ3) is 3.13. The number of allylic oxidation sites excluding steroid dienone is 4. The lowest BCUT2D eigenvalue weighted by Gasteiger charge is -2.16. The van der Waals surface area contributed by atoms with Crippen molar-refractivity contribution in [3.8, 4) is 0 Å². The Hall–Kier alpha value is -2.24. The van der Waals surface area contributed by atoms with Gasteiger partial charge in [0.25, 0.3) is 0 Å². The van der Waals surface area contributed by atoms with Gasteiger partial charge in [0.15, 0.2) is 0 Å². The smallest absolute Gasteiger partial charge is 0.239 e. The summed E-state index contributed by atoms with van der Waals surface area (Å²) in [6, 6.07) is 11.8. The van der Waals surface area contributed by atoms with E-state index in [9.17, 15) is 8.42 Å². The lowest BCUT2D eigenvalue weighted by molar-refractivity contribution is 0.523. The van der Waals surface area contributed by atoms with Crippen molar-refractivity contribution in [1.29, 1.82) is 0 Å². The zero-order chi connectivity index (χ0) is 18.4. The predicted octanol–water partition coefficient (Wildman–Crippen LogP) is 4.08. The zero-order valence-corrected chi connectivity index (χ0v) is 15.6. The number of sulfonamides is 1. The van der Waals surface area contributed by atoms with Gasteiger partial charge < -0.3 is 0 Å². The monoisotopic (exact) mass is 366 g/mol. The highest BCUT2D eigenvalue weighted by molar-refractivity contribution is 7.89. The molecule has 0 bridgehead atoms. The standard InChI is InChI=1S/C21H22N2O2S/c1-15-4-6-16(7-5-15)18-12-21(10-2-3-11-21)13-19(18)20-9-8-17(14-23-20)26(22,24)25/h4-9,12-14H,2-3,10-11H2,1H3,(H2,22,24,25). The van der Waals surface area contributed by atoms with Crippen molar-refractivity contribution >= 4 is 21.2 Å². The SMILES string of the molecule is Cc1ccc(C2=CC3(C=C2c2ccc(S(N)(=O)=O)cn2)CCCC3)cc1. The zero-order valence-electron chi connectivity index (χ0n) is 14.8. The van der Waals surface area contributed by atoms with E-state index in [4.69, 9.17) is 5.14 Å². The molecule has 1 heterocycles. The van der Waals surface area contributed by atoms with Crippen LogP contribution < -0.4 is 5.14 Å². The maximum atomic E-state index is 11.5. The van der Waals surface area contributed by atoms with E-state index < -0.39 is 10.0 Å². The number of nitrogens with two attached hydrogens (primary N) is 1. The average Bonchev–Trinajstić information content (AvgIpc) is 3.22. The number of primary sulfonamides is 1. The number of benzene rings is 1. The van der Waals surface area contributed by atoms with E-state index in [-0.39, 0.29) is 10.3 Å². The molecule has 0 radical (unpaired) electrons. The summed E-state index contributed by atoms with van der Waals surface area (Å²) in [5, 5.41) is 5.19. The number of rotatable bonds is 3. The van der Waals surface area contributed by atoms with Crippen LogP contribution in [0.4, 0.5) is 0 Å². The highest BCUT2D eigenvalue weighted by atomic mass is 32.2. The third-order valence-electron chi connectivity index (χ3n) is 5.39. The topological polar surface area (TPSA) is 73.1 Å². The molecule has 4 rings (SSSR count). The van der Waals surface area contributed by atoms with Crippen molar-refractivity contribution in [2.24, 2.45) is 10.6 Å². The number of aromatic nitrogens is 1. The molecule has 2 N–H and O–H groups in total. The molecule has 1 fully saturated rings. The minimum absolute atomic E-state index is 0.0382. The Balaban J connectivity index is 1.79. The number of nitrogens with zero attached hydrogens (tertiary/aromatic N) is 1. The van der Waals surface area contributed by atoms with Crippen molar-refractivity contribution in [3.05, 3.63) is 71.6 Å². The highest BCUT2D eigenvalue weighted by Gasteiger charge is 2.36. The predicted molar refractivity (Wildman–Crippen MR) is 104 cm³/mol. The van der Waals surface area contributed by atoms with Gasteiger partial charge in [0, 0.05) is 17.2 Å². The van der Waals surface area contributed by atoms with E-state index in [1.165, 1.54) is 41.8 Å². The van der Waals surface area contributed by atoms with E-state index in [0.717, 1.165) is 24.1 Å². The van der Waals surface area contributed by atoms with Gasteiger partial charge >= 0.3 is 0 Å².